The largest absolute Gasteiger partial charge is 0.354 e. The predicted octanol–water partition coefficient (Wildman–Crippen LogP) is 0.839. The van der Waals surface area contributed by atoms with Crippen molar-refractivity contribution in [3.63, 3.8) is 0 Å². The van der Waals surface area contributed by atoms with Gasteiger partial charge in [-0.3, -0.25) is 14.4 Å². The lowest BCUT2D eigenvalue weighted by Gasteiger charge is -2.08. The molecule has 6 heteroatoms. The summed E-state index contributed by atoms with van der Waals surface area (Å²) in [5, 5.41) is 7.89. The number of unbranched alkanes of at least 4 members (excludes halogenated alkanes) is 1. The van der Waals surface area contributed by atoms with E-state index in [1.807, 2.05) is 13.0 Å². The third kappa shape index (κ3) is 7.42. The zero-order valence-electron chi connectivity index (χ0n) is 12.9. The number of hydrogen-bond donors (Lipinski definition) is 3. The van der Waals surface area contributed by atoms with Crippen LogP contribution < -0.4 is 16.0 Å². The van der Waals surface area contributed by atoms with Crippen LogP contribution in [0, 0.1) is 0 Å². The van der Waals surface area contributed by atoms with Crippen LogP contribution in [-0.4, -0.2) is 37.4 Å². The zero-order valence-corrected chi connectivity index (χ0v) is 12.9. The van der Waals surface area contributed by atoms with Crippen molar-refractivity contribution in [2.75, 3.05) is 19.6 Å². The third-order valence-corrected chi connectivity index (χ3v) is 2.97. The standard InChI is InChI=1S/C16H23N3O3/c1-2-3-9-14(20)17-10-11-18-15(21)12-19-16(22)13-7-5-4-6-8-13/h4-8H,2-3,9-12H2,1H3,(H,17,20)(H,18,21)(H,19,22). The molecule has 0 unspecified atom stereocenters. The van der Waals surface area contributed by atoms with E-state index < -0.39 is 0 Å². The summed E-state index contributed by atoms with van der Waals surface area (Å²) in [4.78, 5) is 34.6. The molecule has 0 fully saturated rings. The van der Waals surface area contributed by atoms with Crippen molar-refractivity contribution < 1.29 is 14.4 Å². The van der Waals surface area contributed by atoms with Crippen LogP contribution in [0.4, 0.5) is 0 Å². The van der Waals surface area contributed by atoms with Gasteiger partial charge in [0.1, 0.15) is 0 Å². The summed E-state index contributed by atoms with van der Waals surface area (Å²) in [7, 11) is 0. The molecule has 0 aliphatic rings. The Morgan fingerprint density at radius 1 is 0.909 bits per heavy atom. The highest BCUT2D eigenvalue weighted by molar-refractivity contribution is 5.96. The highest BCUT2D eigenvalue weighted by Gasteiger charge is 2.07. The van der Waals surface area contributed by atoms with Crippen LogP contribution in [0.15, 0.2) is 30.3 Å². The average Bonchev–Trinajstić information content (AvgIpc) is 2.55. The first-order chi connectivity index (χ1) is 10.6. The lowest BCUT2D eigenvalue weighted by atomic mass is 10.2. The van der Waals surface area contributed by atoms with E-state index in [1.165, 1.54) is 0 Å². The van der Waals surface area contributed by atoms with Crippen LogP contribution in [0.5, 0.6) is 0 Å². The van der Waals surface area contributed by atoms with Crippen molar-refractivity contribution in [1.29, 1.82) is 0 Å². The molecule has 1 aromatic carbocycles. The van der Waals surface area contributed by atoms with Crippen LogP contribution in [-0.2, 0) is 9.59 Å². The fourth-order valence-electron chi connectivity index (χ4n) is 1.74. The maximum absolute atomic E-state index is 11.7. The normalized spacial score (nSPS) is 9.86. The van der Waals surface area contributed by atoms with E-state index in [-0.39, 0.29) is 24.3 Å². The van der Waals surface area contributed by atoms with Crippen LogP contribution in [0.2, 0.25) is 0 Å². The maximum Gasteiger partial charge on any atom is 0.251 e. The van der Waals surface area contributed by atoms with Crippen LogP contribution in [0.3, 0.4) is 0 Å². The van der Waals surface area contributed by atoms with E-state index in [4.69, 9.17) is 0 Å². The molecular weight excluding hydrogens is 282 g/mol. The van der Waals surface area contributed by atoms with E-state index in [0.717, 1.165) is 12.8 Å². The van der Waals surface area contributed by atoms with Gasteiger partial charge in [0.25, 0.3) is 5.91 Å². The second kappa shape index (κ2) is 10.4. The maximum atomic E-state index is 11.7. The van der Waals surface area contributed by atoms with Crippen molar-refractivity contribution >= 4 is 17.7 Å². The molecule has 0 radical (unpaired) electrons. The molecule has 120 valence electrons. The quantitative estimate of drug-likeness (QED) is 0.591. The monoisotopic (exact) mass is 305 g/mol. The summed E-state index contributed by atoms with van der Waals surface area (Å²) >= 11 is 0. The van der Waals surface area contributed by atoms with E-state index in [0.29, 0.717) is 25.1 Å². The molecule has 0 aliphatic heterocycles. The van der Waals surface area contributed by atoms with E-state index in [9.17, 15) is 14.4 Å². The Kier molecular flexibility index (Phi) is 8.33. The first-order valence-electron chi connectivity index (χ1n) is 7.50. The molecule has 3 N–H and O–H groups in total. The minimum Gasteiger partial charge on any atom is -0.354 e. The molecule has 0 aliphatic carbocycles. The van der Waals surface area contributed by atoms with Gasteiger partial charge in [0.05, 0.1) is 6.54 Å². The fourth-order valence-corrected chi connectivity index (χ4v) is 1.74. The Labute approximate surface area is 130 Å². The first kappa shape index (κ1) is 17.7. The lowest BCUT2D eigenvalue weighted by molar-refractivity contribution is -0.122. The third-order valence-electron chi connectivity index (χ3n) is 2.97. The van der Waals surface area contributed by atoms with Crippen molar-refractivity contribution in [3.05, 3.63) is 35.9 Å². The Hall–Kier alpha value is -2.37. The van der Waals surface area contributed by atoms with Crippen molar-refractivity contribution in [2.45, 2.75) is 26.2 Å². The minimum atomic E-state index is -0.288. The minimum absolute atomic E-state index is 0.00604. The topological polar surface area (TPSA) is 87.3 Å². The number of benzene rings is 1. The van der Waals surface area contributed by atoms with Gasteiger partial charge in [-0.05, 0) is 18.6 Å². The van der Waals surface area contributed by atoms with E-state index >= 15 is 0 Å². The van der Waals surface area contributed by atoms with E-state index in [2.05, 4.69) is 16.0 Å². The predicted molar refractivity (Wildman–Crippen MR) is 84.3 cm³/mol. The summed E-state index contributed by atoms with van der Waals surface area (Å²) in [6, 6.07) is 8.70. The smallest absolute Gasteiger partial charge is 0.251 e. The van der Waals surface area contributed by atoms with Gasteiger partial charge in [0, 0.05) is 25.1 Å². The molecule has 0 aromatic heterocycles. The number of hydrogen-bond acceptors (Lipinski definition) is 3. The highest BCUT2D eigenvalue weighted by atomic mass is 16.2. The molecule has 1 aromatic rings. The van der Waals surface area contributed by atoms with Crippen LogP contribution >= 0.6 is 0 Å². The highest BCUT2D eigenvalue weighted by Crippen LogP contribution is 1.97. The van der Waals surface area contributed by atoms with Crippen molar-refractivity contribution in [1.82, 2.24) is 16.0 Å². The van der Waals surface area contributed by atoms with Crippen molar-refractivity contribution in [2.24, 2.45) is 0 Å². The molecule has 0 heterocycles. The van der Waals surface area contributed by atoms with Crippen LogP contribution in [0.1, 0.15) is 36.5 Å². The Balaban J connectivity index is 2.11. The number of carbonyl (C=O) groups is 3. The van der Waals surface area contributed by atoms with Gasteiger partial charge in [0.15, 0.2) is 0 Å². The van der Waals surface area contributed by atoms with Gasteiger partial charge in [0.2, 0.25) is 11.8 Å². The Bertz CT molecular complexity index is 489. The van der Waals surface area contributed by atoms with Crippen LogP contribution in [0.25, 0.3) is 0 Å². The molecule has 0 spiro atoms. The molecule has 0 bridgehead atoms. The molecule has 3 amide bonds. The number of rotatable bonds is 9. The summed E-state index contributed by atoms with van der Waals surface area (Å²) in [5.74, 6) is -0.579. The SMILES string of the molecule is CCCCC(=O)NCCNC(=O)CNC(=O)c1ccccc1. The lowest BCUT2D eigenvalue weighted by Crippen LogP contribution is -2.40. The van der Waals surface area contributed by atoms with Gasteiger partial charge in [-0.15, -0.1) is 0 Å². The molecule has 22 heavy (non-hydrogen) atoms. The molecule has 0 saturated heterocycles. The van der Waals surface area contributed by atoms with Gasteiger partial charge in [-0.2, -0.15) is 0 Å². The van der Waals surface area contributed by atoms with Gasteiger partial charge >= 0.3 is 0 Å². The Morgan fingerprint density at radius 3 is 2.18 bits per heavy atom. The molecular formula is C16H23N3O3. The second-order valence-electron chi connectivity index (χ2n) is 4.85. The number of nitrogens with one attached hydrogen (secondary N) is 3. The van der Waals surface area contributed by atoms with Gasteiger partial charge < -0.3 is 16.0 Å². The molecule has 6 nitrogen and oxygen atoms in total. The first-order valence-corrected chi connectivity index (χ1v) is 7.50. The van der Waals surface area contributed by atoms with E-state index in [1.54, 1.807) is 24.3 Å². The van der Waals surface area contributed by atoms with Gasteiger partial charge in [-0.1, -0.05) is 31.5 Å². The summed E-state index contributed by atoms with van der Waals surface area (Å²) in [5.41, 5.74) is 0.512. The summed E-state index contributed by atoms with van der Waals surface area (Å²) in [6.45, 7) is 2.67. The average molecular weight is 305 g/mol. The molecule has 1 rings (SSSR count). The zero-order chi connectivity index (χ0) is 16.2. The summed E-state index contributed by atoms with van der Waals surface area (Å²) in [6.07, 6.45) is 2.35. The molecule has 0 saturated carbocycles. The molecule has 0 atom stereocenters. The number of amides is 3. The second-order valence-corrected chi connectivity index (χ2v) is 4.85. The van der Waals surface area contributed by atoms with Crippen molar-refractivity contribution in [3.8, 4) is 0 Å². The van der Waals surface area contributed by atoms with Gasteiger partial charge in [-0.25, -0.2) is 0 Å². The number of carbonyl (C=O) groups excluding carboxylic acids is 3. The Morgan fingerprint density at radius 2 is 1.55 bits per heavy atom. The fraction of sp³-hybridized carbons (Fsp3) is 0.438. The summed E-state index contributed by atoms with van der Waals surface area (Å²) < 4.78 is 0.